The van der Waals surface area contributed by atoms with E-state index in [-0.39, 0.29) is 17.2 Å². The Hall–Kier alpha value is -2.84. The second-order valence-electron chi connectivity index (χ2n) is 7.55. The zero-order valence-corrected chi connectivity index (χ0v) is 20.1. The Bertz CT molecular complexity index is 1080. The van der Waals surface area contributed by atoms with Crippen LogP contribution < -0.4 is 15.6 Å². The fourth-order valence-corrected chi connectivity index (χ4v) is 4.36. The molecule has 1 amide bonds. The number of thioether (sulfide) groups is 1. The Balaban J connectivity index is 1.60. The molecule has 0 atom stereocenters. The van der Waals surface area contributed by atoms with Crippen molar-refractivity contribution in [1.29, 1.82) is 0 Å². The molecule has 2 aromatic carbocycles. The number of ether oxygens (including phenoxy) is 1. The summed E-state index contributed by atoms with van der Waals surface area (Å²) >= 11 is 1.29. The molecule has 33 heavy (non-hydrogen) atoms. The molecule has 176 valence electrons. The van der Waals surface area contributed by atoms with Crippen molar-refractivity contribution in [3.05, 3.63) is 65.0 Å². The molecule has 0 saturated carbocycles. The van der Waals surface area contributed by atoms with Crippen LogP contribution in [-0.4, -0.2) is 58.9 Å². The van der Waals surface area contributed by atoms with Crippen LogP contribution in [0.3, 0.4) is 0 Å². The van der Waals surface area contributed by atoms with Crippen LogP contribution in [0.15, 0.2) is 64.5 Å². The molecule has 0 radical (unpaired) electrons. The van der Waals surface area contributed by atoms with Crippen molar-refractivity contribution in [3.63, 3.8) is 0 Å². The van der Waals surface area contributed by atoms with Crippen LogP contribution in [0.25, 0.3) is 10.9 Å². The lowest BCUT2D eigenvalue weighted by molar-refractivity contribution is -0.118. The largest absolute Gasteiger partial charge is 0.492 e. The number of nitrogens with one attached hydrogen (secondary N) is 1. The maximum Gasteiger partial charge on any atom is 0.262 e. The molecule has 0 aliphatic heterocycles. The van der Waals surface area contributed by atoms with Crippen molar-refractivity contribution in [3.8, 4) is 5.75 Å². The second kappa shape index (κ2) is 13.0. The Morgan fingerprint density at radius 1 is 1.09 bits per heavy atom. The molecule has 0 unspecified atom stereocenters. The van der Waals surface area contributed by atoms with E-state index in [1.807, 2.05) is 48.5 Å². The van der Waals surface area contributed by atoms with Crippen LogP contribution in [0, 0.1) is 0 Å². The summed E-state index contributed by atoms with van der Waals surface area (Å²) in [6, 6.07) is 16.9. The molecule has 0 spiro atoms. The lowest BCUT2D eigenvalue weighted by Crippen LogP contribution is -2.30. The second-order valence-corrected chi connectivity index (χ2v) is 8.49. The molecule has 0 aliphatic carbocycles. The zero-order valence-electron chi connectivity index (χ0n) is 19.3. The number of amides is 1. The van der Waals surface area contributed by atoms with Crippen LogP contribution in [0.4, 0.5) is 0 Å². The molecule has 1 heterocycles. The number of hydrogen-bond acceptors (Lipinski definition) is 6. The third kappa shape index (κ3) is 7.33. The first kappa shape index (κ1) is 24.8. The maximum atomic E-state index is 13.1. The van der Waals surface area contributed by atoms with Gasteiger partial charge in [0.1, 0.15) is 12.4 Å². The van der Waals surface area contributed by atoms with Gasteiger partial charge in [-0.2, -0.15) is 0 Å². The topological polar surface area (TPSA) is 76.5 Å². The lowest BCUT2D eigenvalue weighted by Gasteiger charge is -2.19. The number of benzene rings is 2. The van der Waals surface area contributed by atoms with Gasteiger partial charge in [-0.25, -0.2) is 4.98 Å². The van der Waals surface area contributed by atoms with Crippen molar-refractivity contribution in [2.45, 2.75) is 32.0 Å². The molecule has 3 rings (SSSR count). The number of aromatic nitrogens is 2. The molecule has 0 fully saturated rings. The first-order valence-electron chi connectivity index (χ1n) is 11.4. The minimum Gasteiger partial charge on any atom is -0.492 e. The Labute approximate surface area is 199 Å². The highest BCUT2D eigenvalue weighted by molar-refractivity contribution is 7.99. The van der Waals surface area contributed by atoms with Gasteiger partial charge in [-0.05, 0) is 50.3 Å². The van der Waals surface area contributed by atoms with Crippen molar-refractivity contribution in [2.24, 2.45) is 0 Å². The summed E-state index contributed by atoms with van der Waals surface area (Å²) in [5, 5.41) is 4.04. The Morgan fingerprint density at radius 2 is 1.82 bits per heavy atom. The Kier molecular flexibility index (Phi) is 9.77. The van der Waals surface area contributed by atoms with Crippen LogP contribution >= 0.6 is 11.8 Å². The number of fused-ring (bicyclic) bond motifs is 1. The van der Waals surface area contributed by atoms with Gasteiger partial charge in [-0.1, -0.05) is 55.9 Å². The van der Waals surface area contributed by atoms with Gasteiger partial charge in [0.25, 0.3) is 5.56 Å². The monoisotopic (exact) mass is 468 g/mol. The molecular formula is C25H32N4O3S. The average Bonchev–Trinajstić information content (AvgIpc) is 2.85. The predicted molar refractivity (Wildman–Crippen MR) is 134 cm³/mol. The molecule has 8 heteroatoms. The van der Waals surface area contributed by atoms with E-state index in [0.29, 0.717) is 35.8 Å². The highest BCUT2D eigenvalue weighted by atomic mass is 32.2. The molecular weight excluding hydrogens is 436 g/mol. The van der Waals surface area contributed by atoms with Gasteiger partial charge in [0.2, 0.25) is 5.91 Å². The SMILES string of the molecule is CCN(CC)CCCn1c(SCC(=O)NCCOc2ccccc2)nc2ccccc2c1=O. The number of rotatable bonds is 13. The summed E-state index contributed by atoms with van der Waals surface area (Å²) in [6.07, 6.45) is 0.845. The number of para-hydroxylation sites is 2. The van der Waals surface area contributed by atoms with E-state index in [2.05, 4.69) is 29.0 Å². The predicted octanol–water partition coefficient (Wildman–Crippen LogP) is 3.42. The van der Waals surface area contributed by atoms with Gasteiger partial charge >= 0.3 is 0 Å². The summed E-state index contributed by atoms with van der Waals surface area (Å²) in [5.74, 6) is 0.843. The maximum absolute atomic E-state index is 13.1. The van der Waals surface area contributed by atoms with E-state index >= 15 is 0 Å². The standard InChI is InChI=1S/C25H32N4O3S/c1-3-28(4-2)16-10-17-29-24(31)21-13-8-9-14-22(21)27-25(29)33-19-23(30)26-15-18-32-20-11-6-5-7-12-20/h5-9,11-14H,3-4,10,15-19H2,1-2H3,(H,26,30). The highest BCUT2D eigenvalue weighted by Gasteiger charge is 2.13. The highest BCUT2D eigenvalue weighted by Crippen LogP contribution is 2.18. The van der Waals surface area contributed by atoms with E-state index < -0.39 is 0 Å². The smallest absolute Gasteiger partial charge is 0.262 e. The van der Waals surface area contributed by atoms with Gasteiger partial charge < -0.3 is 15.0 Å². The molecule has 3 aromatic rings. The summed E-state index contributed by atoms with van der Waals surface area (Å²) in [5.41, 5.74) is 0.598. The van der Waals surface area contributed by atoms with Crippen LogP contribution in [-0.2, 0) is 11.3 Å². The minimum absolute atomic E-state index is 0.0562. The van der Waals surface area contributed by atoms with Crippen LogP contribution in [0.1, 0.15) is 20.3 Å². The van der Waals surface area contributed by atoms with Crippen molar-refractivity contribution in [2.75, 3.05) is 38.5 Å². The molecule has 1 aromatic heterocycles. The van der Waals surface area contributed by atoms with E-state index in [0.717, 1.165) is 31.8 Å². The first-order valence-corrected chi connectivity index (χ1v) is 12.4. The van der Waals surface area contributed by atoms with Crippen LogP contribution in [0.5, 0.6) is 5.75 Å². The number of carbonyl (C=O) groups is 1. The summed E-state index contributed by atoms with van der Waals surface area (Å²) in [7, 11) is 0. The lowest BCUT2D eigenvalue weighted by atomic mass is 10.2. The van der Waals surface area contributed by atoms with Gasteiger partial charge in [0.15, 0.2) is 5.16 Å². The van der Waals surface area contributed by atoms with Gasteiger partial charge in [0, 0.05) is 6.54 Å². The van der Waals surface area contributed by atoms with E-state index in [4.69, 9.17) is 4.74 Å². The van der Waals surface area contributed by atoms with E-state index in [1.165, 1.54) is 11.8 Å². The molecule has 7 nitrogen and oxygen atoms in total. The minimum atomic E-state index is -0.117. The van der Waals surface area contributed by atoms with Crippen LogP contribution in [0.2, 0.25) is 0 Å². The Morgan fingerprint density at radius 3 is 2.58 bits per heavy atom. The summed E-state index contributed by atoms with van der Waals surface area (Å²) in [4.78, 5) is 32.5. The third-order valence-electron chi connectivity index (χ3n) is 5.35. The molecule has 0 aliphatic rings. The van der Waals surface area contributed by atoms with Gasteiger partial charge in [-0.3, -0.25) is 14.2 Å². The summed E-state index contributed by atoms with van der Waals surface area (Å²) in [6.45, 7) is 8.53. The van der Waals surface area contributed by atoms with Gasteiger partial charge in [0.05, 0.1) is 23.2 Å². The third-order valence-corrected chi connectivity index (χ3v) is 6.32. The fourth-order valence-electron chi connectivity index (χ4n) is 3.50. The van der Waals surface area contributed by atoms with E-state index in [1.54, 1.807) is 10.6 Å². The molecule has 1 N–H and O–H groups in total. The average molecular weight is 469 g/mol. The van der Waals surface area contributed by atoms with Crippen molar-refractivity contribution in [1.82, 2.24) is 19.8 Å². The first-order chi connectivity index (χ1) is 16.1. The molecule has 0 bridgehead atoms. The van der Waals surface area contributed by atoms with Crippen molar-refractivity contribution >= 4 is 28.6 Å². The van der Waals surface area contributed by atoms with Gasteiger partial charge in [-0.15, -0.1) is 0 Å². The fraction of sp³-hybridized carbons (Fsp3) is 0.400. The quantitative estimate of drug-likeness (QED) is 0.235. The normalized spacial score (nSPS) is 11.1. The van der Waals surface area contributed by atoms with E-state index in [9.17, 15) is 9.59 Å². The number of carbonyl (C=O) groups excluding carboxylic acids is 1. The number of hydrogen-bond donors (Lipinski definition) is 1. The number of nitrogens with zero attached hydrogens (tertiary/aromatic N) is 3. The molecule has 0 saturated heterocycles. The zero-order chi connectivity index (χ0) is 23.5. The summed E-state index contributed by atoms with van der Waals surface area (Å²) < 4.78 is 7.31. The van der Waals surface area contributed by atoms with Crippen molar-refractivity contribution < 1.29 is 9.53 Å².